The molecule has 0 saturated carbocycles. The zero-order valence-electron chi connectivity index (χ0n) is 14.7. The number of hydrogen-bond donors (Lipinski definition) is 1. The van der Waals surface area contributed by atoms with Gasteiger partial charge in [-0.15, -0.1) is 0 Å². The van der Waals surface area contributed by atoms with Gasteiger partial charge in [-0.2, -0.15) is 0 Å². The number of carbonyl (C=O) groups excluding carboxylic acids is 1. The lowest BCUT2D eigenvalue weighted by atomic mass is 10.0. The van der Waals surface area contributed by atoms with Crippen LogP contribution in [0.4, 0.5) is 5.69 Å². The topological polar surface area (TPSA) is 78.1 Å². The van der Waals surface area contributed by atoms with Gasteiger partial charge in [-0.1, -0.05) is 42.5 Å². The molecule has 2 N–H and O–H groups in total. The maximum Gasteiger partial charge on any atom is 0.337 e. The standard InChI is InChI=1S/C22H17N3O2/c1-27-22(26)16-9-12-18-19(13-16)25-21(15-7-10-17(23)11-8-15)20(24-18)14-5-3-2-4-6-14/h2-13H,23H2,1H3. The molecule has 0 radical (unpaired) electrons. The Balaban J connectivity index is 1.98. The first kappa shape index (κ1) is 16.7. The third-order valence-electron chi connectivity index (χ3n) is 4.32. The largest absolute Gasteiger partial charge is 0.465 e. The smallest absolute Gasteiger partial charge is 0.337 e. The molecule has 1 aromatic heterocycles. The number of rotatable bonds is 3. The first-order valence-corrected chi connectivity index (χ1v) is 8.47. The molecule has 0 aliphatic heterocycles. The maximum absolute atomic E-state index is 11.9. The molecule has 0 atom stereocenters. The second kappa shape index (κ2) is 6.88. The van der Waals surface area contributed by atoms with Crippen molar-refractivity contribution >= 4 is 22.7 Å². The monoisotopic (exact) mass is 355 g/mol. The number of nitrogen functional groups attached to an aromatic ring is 1. The highest BCUT2D eigenvalue weighted by Gasteiger charge is 2.15. The molecule has 5 nitrogen and oxygen atoms in total. The quantitative estimate of drug-likeness (QED) is 0.437. The molecule has 5 heteroatoms. The number of carbonyl (C=O) groups is 1. The summed E-state index contributed by atoms with van der Waals surface area (Å²) in [5.74, 6) is -0.403. The molecule has 0 aliphatic rings. The third kappa shape index (κ3) is 3.22. The minimum atomic E-state index is -0.403. The van der Waals surface area contributed by atoms with Crippen LogP contribution < -0.4 is 5.73 Å². The van der Waals surface area contributed by atoms with Gasteiger partial charge in [0.2, 0.25) is 0 Å². The summed E-state index contributed by atoms with van der Waals surface area (Å²) in [6.07, 6.45) is 0. The number of nitrogens with two attached hydrogens (primary N) is 1. The Kier molecular flexibility index (Phi) is 4.26. The molecule has 27 heavy (non-hydrogen) atoms. The van der Waals surface area contributed by atoms with E-state index in [9.17, 15) is 4.79 Å². The van der Waals surface area contributed by atoms with Crippen molar-refractivity contribution < 1.29 is 9.53 Å². The summed E-state index contributed by atoms with van der Waals surface area (Å²) in [4.78, 5) is 21.5. The van der Waals surface area contributed by atoms with Crippen molar-refractivity contribution in [3.63, 3.8) is 0 Å². The normalized spacial score (nSPS) is 10.7. The Morgan fingerprint density at radius 1 is 0.815 bits per heavy atom. The Morgan fingerprint density at radius 3 is 2.11 bits per heavy atom. The molecule has 0 aliphatic carbocycles. The molecule has 0 saturated heterocycles. The lowest BCUT2D eigenvalue weighted by Crippen LogP contribution is -2.02. The molecule has 4 aromatic rings. The third-order valence-corrected chi connectivity index (χ3v) is 4.32. The van der Waals surface area contributed by atoms with Gasteiger partial charge in [-0.25, -0.2) is 14.8 Å². The molecule has 0 amide bonds. The highest BCUT2D eigenvalue weighted by atomic mass is 16.5. The van der Waals surface area contributed by atoms with E-state index in [-0.39, 0.29) is 0 Å². The number of hydrogen-bond acceptors (Lipinski definition) is 5. The summed E-state index contributed by atoms with van der Waals surface area (Å²) in [7, 11) is 1.36. The first-order chi connectivity index (χ1) is 13.2. The average molecular weight is 355 g/mol. The van der Waals surface area contributed by atoms with Crippen LogP contribution in [0.25, 0.3) is 33.5 Å². The van der Waals surface area contributed by atoms with Crippen molar-refractivity contribution in [1.82, 2.24) is 9.97 Å². The van der Waals surface area contributed by atoms with Crippen LogP contribution in [0.3, 0.4) is 0 Å². The van der Waals surface area contributed by atoms with E-state index < -0.39 is 5.97 Å². The van der Waals surface area contributed by atoms with Crippen molar-refractivity contribution in [2.75, 3.05) is 12.8 Å². The summed E-state index contributed by atoms with van der Waals surface area (Å²) in [5, 5.41) is 0. The predicted molar refractivity (Wildman–Crippen MR) is 106 cm³/mol. The van der Waals surface area contributed by atoms with Crippen molar-refractivity contribution in [3.8, 4) is 22.5 Å². The fourth-order valence-electron chi connectivity index (χ4n) is 2.94. The number of esters is 1. The van der Waals surface area contributed by atoms with Gasteiger partial charge < -0.3 is 10.5 Å². The number of nitrogens with zero attached hydrogens (tertiary/aromatic N) is 2. The van der Waals surface area contributed by atoms with Crippen LogP contribution in [-0.4, -0.2) is 23.0 Å². The summed E-state index contributed by atoms with van der Waals surface area (Å²) >= 11 is 0. The fourth-order valence-corrected chi connectivity index (χ4v) is 2.94. The van der Waals surface area contributed by atoms with E-state index >= 15 is 0 Å². The summed E-state index contributed by atoms with van der Waals surface area (Å²) in [6, 6.07) is 22.6. The molecule has 0 spiro atoms. The van der Waals surface area contributed by atoms with Crippen molar-refractivity contribution in [2.45, 2.75) is 0 Å². The number of fused-ring (bicyclic) bond motifs is 1. The number of aromatic nitrogens is 2. The molecule has 0 bridgehead atoms. The summed E-state index contributed by atoms with van der Waals surface area (Å²) in [5.41, 5.74) is 11.7. The Morgan fingerprint density at radius 2 is 1.44 bits per heavy atom. The van der Waals surface area contributed by atoms with E-state index in [4.69, 9.17) is 20.4 Å². The SMILES string of the molecule is COC(=O)c1ccc2nc(-c3ccccc3)c(-c3ccc(N)cc3)nc2c1. The molecule has 132 valence electrons. The van der Waals surface area contributed by atoms with Crippen LogP contribution >= 0.6 is 0 Å². The van der Waals surface area contributed by atoms with Gasteiger partial charge in [0.05, 0.1) is 35.1 Å². The van der Waals surface area contributed by atoms with E-state index in [0.717, 1.165) is 22.5 Å². The second-order valence-electron chi connectivity index (χ2n) is 6.10. The van der Waals surface area contributed by atoms with Crippen molar-refractivity contribution in [3.05, 3.63) is 78.4 Å². The fraction of sp³-hybridized carbons (Fsp3) is 0.0455. The first-order valence-electron chi connectivity index (χ1n) is 8.47. The Labute approximate surface area is 156 Å². The lowest BCUT2D eigenvalue weighted by molar-refractivity contribution is 0.0601. The minimum Gasteiger partial charge on any atom is -0.465 e. The number of methoxy groups -OCH3 is 1. The van der Waals surface area contributed by atoms with Crippen LogP contribution in [0.15, 0.2) is 72.8 Å². The summed E-state index contributed by atoms with van der Waals surface area (Å²) in [6.45, 7) is 0. The van der Waals surface area contributed by atoms with Crippen LogP contribution in [-0.2, 0) is 4.74 Å². The van der Waals surface area contributed by atoms with Gasteiger partial charge in [0, 0.05) is 16.8 Å². The van der Waals surface area contributed by atoms with Crippen LogP contribution in [0.1, 0.15) is 10.4 Å². The van der Waals surface area contributed by atoms with Gasteiger partial charge in [-0.05, 0) is 30.3 Å². The van der Waals surface area contributed by atoms with E-state index in [1.807, 2.05) is 54.6 Å². The van der Waals surface area contributed by atoms with Crippen molar-refractivity contribution in [2.24, 2.45) is 0 Å². The molecule has 4 rings (SSSR count). The van der Waals surface area contributed by atoms with Crippen LogP contribution in [0.2, 0.25) is 0 Å². The molecular weight excluding hydrogens is 338 g/mol. The van der Waals surface area contributed by atoms with E-state index in [2.05, 4.69) is 0 Å². The zero-order chi connectivity index (χ0) is 18.8. The highest BCUT2D eigenvalue weighted by molar-refractivity contribution is 5.95. The van der Waals surface area contributed by atoms with Gasteiger partial charge in [0.25, 0.3) is 0 Å². The Hall–Kier alpha value is -3.73. The molecule has 1 heterocycles. The van der Waals surface area contributed by atoms with Crippen LogP contribution in [0.5, 0.6) is 0 Å². The highest BCUT2D eigenvalue weighted by Crippen LogP contribution is 2.31. The van der Waals surface area contributed by atoms with Crippen LogP contribution in [0, 0.1) is 0 Å². The van der Waals surface area contributed by atoms with Gasteiger partial charge in [0.1, 0.15) is 0 Å². The van der Waals surface area contributed by atoms with Gasteiger partial charge in [-0.3, -0.25) is 0 Å². The van der Waals surface area contributed by atoms with Gasteiger partial charge >= 0.3 is 5.97 Å². The average Bonchev–Trinajstić information content (AvgIpc) is 2.73. The zero-order valence-corrected chi connectivity index (χ0v) is 14.7. The van der Waals surface area contributed by atoms with E-state index in [0.29, 0.717) is 22.3 Å². The Bertz CT molecular complexity index is 1120. The molecule has 3 aromatic carbocycles. The number of ether oxygens (including phenoxy) is 1. The van der Waals surface area contributed by atoms with Crippen molar-refractivity contribution in [1.29, 1.82) is 0 Å². The van der Waals surface area contributed by atoms with Gasteiger partial charge in [0.15, 0.2) is 0 Å². The predicted octanol–water partition coefficient (Wildman–Crippen LogP) is 4.33. The lowest BCUT2D eigenvalue weighted by Gasteiger charge is -2.11. The molecule has 0 fully saturated rings. The number of anilines is 1. The second-order valence-corrected chi connectivity index (χ2v) is 6.10. The maximum atomic E-state index is 11.9. The van der Waals surface area contributed by atoms with E-state index in [1.54, 1.807) is 18.2 Å². The summed E-state index contributed by atoms with van der Waals surface area (Å²) < 4.78 is 4.81. The number of benzene rings is 3. The molecular formula is C22H17N3O2. The molecule has 0 unspecified atom stereocenters. The minimum absolute atomic E-state index is 0.403. The van der Waals surface area contributed by atoms with E-state index in [1.165, 1.54) is 7.11 Å².